The number of nitrogens with one attached hydrogen (secondary N) is 1. The second kappa shape index (κ2) is 6.44. The quantitative estimate of drug-likeness (QED) is 0.939. The molecular weight excluding hydrogens is 296 g/mol. The van der Waals surface area contributed by atoms with Crippen LogP contribution >= 0.6 is 11.8 Å². The van der Waals surface area contributed by atoms with E-state index in [1.165, 1.54) is 0 Å². The van der Waals surface area contributed by atoms with Crippen LogP contribution in [0.15, 0.2) is 30.5 Å². The molecule has 1 aromatic carbocycles. The SMILES string of the molecule is CN(C)c1ccc(CNC(=O)c2cn3c(n2)CSCC3)cc1. The third kappa shape index (κ3) is 3.27. The van der Waals surface area contributed by atoms with Crippen molar-refractivity contribution in [2.75, 3.05) is 24.7 Å². The van der Waals surface area contributed by atoms with Crippen LogP contribution in [-0.2, 0) is 18.8 Å². The predicted molar refractivity (Wildman–Crippen MR) is 90.3 cm³/mol. The molecule has 1 aliphatic rings. The predicted octanol–water partition coefficient (Wildman–Crippen LogP) is 2.13. The summed E-state index contributed by atoms with van der Waals surface area (Å²) in [5, 5.41) is 2.94. The smallest absolute Gasteiger partial charge is 0.271 e. The van der Waals surface area contributed by atoms with Crippen LogP contribution in [-0.4, -0.2) is 35.3 Å². The average molecular weight is 316 g/mol. The topological polar surface area (TPSA) is 50.2 Å². The fraction of sp³-hybridized carbons (Fsp3) is 0.375. The number of aryl methyl sites for hydroxylation is 1. The Balaban J connectivity index is 1.61. The number of hydrogen-bond acceptors (Lipinski definition) is 4. The van der Waals surface area contributed by atoms with Gasteiger partial charge in [-0.1, -0.05) is 12.1 Å². The minimum Gasteiger partial charge on any atom is -0.378 e. The summed E-state index contributed by atoms with van der Waals surface area (Å²) in [6.07, 6.45) is 1.86. The summed E-state index contributed by atoms with van der Waals surface area (Å²) in [4.78, 5) is 18.7. The molecule has 3 rings (SSSR count). The van der Waals surface area contributed by atoms with Crippen molar-refractivity contribution in [3.63, 3.8) is 0 Å². The number of aromatic nitrogens is 2. The van der Waals surface area contributed by atoms with Crippen molar-refractivity contribution in [2.24, 2.45) is 0 Å². The van der Waals surface area contributed by atoms with Crippen LogP contribution < -0.4 is 10.2 Å². The van der Waals surface area contributed by atoms with Crippen molar-refractivity contribution in [2.45, 2.75) is 18.8 Å². The molecule has 0 fully saturated rings. The van der Waals surface area contributed by atoms with Crippen LogP contribution in [0.3, 0.4) is 0 Å². The van der Waals surface area contributed by atoms with Gasteiger partial charge in [0.25, 0.3) is 5.91 Å². The molecule has 0 saturated heterocycles. The first-order valence-corrected chi connectivity index (χ1v) is 8.47. The number of imidazole rings is 1. The Morgan fingerprint density at radius 2 is 2.14 bits per heavy atom. The molecule has 1 N–H and O–H groups in total. The van der Waals surface area contributed by atoms with Crippen molar-refractivity contribution < 1.29 is 4.79 Å². The number of rotatable bonds is 4. The Bertz CT molecular complexity index is 640. The van der Waals surface area contributed by atoms with E-state index in [2.05, 4.69) is 19.8 Å². The van der Waals surface area contributed by atoms with Gasteiger partial charge >= 0.3 is 0 Å². The van der Waals surface area contributed by atoms with Gasteiger partial charge in [0.15, 0.2) is 0 Å². The first kappa shape index (κ1) is 15.0. The molecule has 0 atom stereocenters. The van der Waals surface area contributed by atoms with Gasteiger partial charge in [-0.3, -0.25) is 4.79 Å². The molecule has 1 amide bonds. The Morgan fingerprint density at radius 1 is 1.36 bits per heavy atom. The molecule has 0 aliphatic carbocycles. The van der Waals surface area contributed by atoms with Gasteiger partial charge in [0, 0.05) is 44.8 Å². The number of nitrogens with zero attached hydrogens (tertiary/aromatic N) is 3. The highest BCUT2D eigenvalue weighted by molar-refractivity contribution is 7.98. The lowest BCUT2D eigenvalue weighted by atomic mass is 10.2. The maximum Gasteiger partial charge on any atom is 0.271 e. The largest absolute Gasteiger partial charge is 0.378 e. The minimum atomic E-state index is -0.108. The van der Waals surface area contributed by atoms with E-state index in [-0.39, 0.29) is 5.91 Å². The molecule has 1 aromatic heterocycles. The molecule has 22 heavy (non-hydrogen) atoms. The molecule has 0 saturated carbocycles. The van der Waals surface area contributed by atoms with Gasteiger partial charge in [0.2, 0.25) is 0 Å². The van der Waals surface area contributed by atoms with Crippen LogP contribution in [0.2, 0.25) is 0 Å². The van der Waals surface area contributed by atoms with Crippen LogP contribution in [0.5, 0.6) is 0 Å². The lowest BCUT2D eigenvalue weighted by Gasteiger charge is -2.12. The Labute approximate surface area is 134 Å². The molecule has 6 heteroatoms. The summed E-state index contributed by atoms with van der Waals surface area (Å²) >= 11 is 1.86. The van der Waals surface area contributed by atoms with E-state index < -0.39 is 0 Å². The lowest BCUT2D eigenvalue weighted by Crippen LogP contribution is -2.23. The van der Waals surface area contributed by atoms with E-state index in [0.717, 1.165) is 35.1 Å². The van der Waals surface area contributed by atoms with Gasteiger partial charge in [-0.05, 0) is 17.7 Å². The molecule has 0 radical (unpaired) electrons. The van der Waals surface area contributed by atoms with Gasteiger partial charge in [0.05, 0.1) is 5.75 Å². The summed E-state index contributed by atoms with van der Waals surface area (Å²) in [6.45, 7) is 1.45. The number of fused-ring (bicyclic) bond motifs is 1. The maximum absolute atomic E-state index is 12.2. The first-order valence-electron chi connectivity index (χ1n) is 7.32. The number of carbonyl (C=O) groups excluding carboxylic acids is 1. The first-order chi connectivity index (χ1) is 10.6. The van der Waals surface area contributed by atoms with Crippen molar-refractivity contribution in [3.8, 4) is 0 Å². The summed E-state index contributed by atoms with van der Waals surface area (Å²) in [5.41, 5.74) is 2.75. The Morgan fingerprint density at radius 3 is 2.82 bits per heavy atom. The molecule has 2 heterocycles. The monoisotopic (exact) mass is 316 g/mol. The van der Waals surface area contributed by atoms with Crippen LogP contribution in [0.25, 0.3) is 0 Å². The number of benzene rings is 1. The zero-order valence-corrected chi connectivity index (χ0v) is 13.7. The van der Waals surface area contributed by atoms with Gasteiger partial charge in [-0.25, -0.2) is 4.98 Å². The van der Waals surface area contributed by atoms with E-state index in [1.54, 1.807) is 0 Å². The maximum atomic E-state index is 12.2. The Kier molecular flexibility index (Phi) is 4.38. The van der Waals surface area contributed by atoms with Crippen molar-refractivity contribution >= 4 is 23.4 Å². The van der Waals surface area contributed by atoms with Crippen molar-refractivity contribution in [3.05, 3.63) is 47.5 Å². The normalized spacial score (nSPS) is 13.5. The zero-order chi connectivity index (χ0) is 15.5. The summed E-state index contributed by atoms with van der Waals surface area (Å²) in [7, 11) is 4.02. The van der Waals surface area contributed by atoms with Gasteiger partial charge in [0.1, 0.15) is 11.5 Å². The number of thioether (sulfide) groups is 1. The highest BCUT2D eigenvalue weighted by atomic mass is 32.2. The number of hydrogen-bond donors (Lipinski definition) is 1. The number of carbonyl (C=O) groups is 1. The molecule has 116 valence electrons. The highest BCUT2D eigenvalue weighted by Crippen LogP contribution is 2.19. The zero-order valence-electron chi connectivity index (χ0n) is 12.9. The lowest BCUT2D eigenvalue weighted by molar-refractivity contribution is 0.0946. The van der Waals surface area contributed by atoms with Crippen LogP contribution in [0.4, 0.5) is 5.69 Å². The molecular formula is C16H20N4OS. The molecule has 0 spiro atoms. The van der Waals surface area contributed by atoms with Crippen molar-refractivity contribution in [1.82, 2.24) is 14.9 Å². The highest BCUT2D eigenvalue weighted by Gasteiger charge is 2.16. The Hall–Kier alpha value is -1.95. The molecule has 2 aromatic rings. The van der Waals surface area contributed by atoms with Gasteiger partial charge in [-0.15, -0.1) is 0 Å². The third-order valence-electron chi connectivity index (χ3n) is 3.71. The summed E-state index contributed by atoms with van der Waals surface area (Å²) < 4.78 is 2.08. The second-order valence-electron chi connectivity index (χ2n) is 5.53. The van der Waals surface area contributed by atoms with Crippen LogP contribution in [0, 0.1) is 0 Å². The van der Waals surface area contributed by atoms with E-state index >= 15 is 0 Å². The third-order valence-corrected chi connectivity index (χ3v) is 4.64. The molecule has 0 unspecified atom stereocenters. The van der Waals surface area contributed by atoms with Gasteiger partial charge < -0.3 is 14.8 Å². The number of amides is 1. The average Bonchev–Trinajstić information content (AvgIpc) is 2.97. The molecule has 5 nitrogen and oxygen atoms in total. The fourth-order valence-electron chi connectivity index (χ4n) is 2.38. The minimum absolute atomic E-state index is 0.108. The van der Waals surface area contributed by atoms with E-state index in [9.17, 15) is 4.79 Å². The van der Waals surface area contributed by atoms with Crippen molar-refractivity contribution in [1.29, 1.82) is 0 Å². The van der Waals surface area contributed by atoms with E-state index in [4.69, 9.17) is 0 Å². The van der Waals surface area contributed by atoms with Gasteiger partial charge in [-0.2, -0.15) is 11.8 Å². The van der Waals surface area contributed by atoms with E-state index in [0.29, 0.717) is 12.2 Å². The summed E-state index contributed by atoms with van der Waals surface area (Å²) in [6, 6.07) is 8.16. The fourth-order valence-corrected chi connectivity index (χ4v) is 3.27. The van der Waals surface area contributed by atoms with Crippen LogP contribution in [0.1, 0.15) is 21.9 Å². The number of anilines is 1. The second-order valence-corrected chi connectivity index (χ2v) is 6.64. The molecule has 1 aliphatic heterocycles. The molecule has 0 bridgehead atoms. The summed E-state index contributed by atoms with van der Waals surface area (Å²) in [5.74, 6) is 2.86. The standard InChI is InChI=1S/C16H20N4OS/c1-19(2)13-5-3-12(4-6-13)9-17-16(21)14-10-20-7-8-22-11-15(20)18-14/h3-6,10H,7-9,11H2,1-2H3,(H,17,21). The van der Waals surface area contributed by atoms with E-state index in [1.807, 2.05) is 56.3 Å².